The van der Waals surface area contributed by atoms with E-state index in [1.807, 2.05) is 0 Å². The van der Waals surface area contributed by atoms with Crippen molar-refractivity contribution in [3.05, 3.63) is 465 Å². The maximum Gasteiger partial charge on any atom is 0.0541 e. The first-order valence-corrected chi connectivity index (χ1v) is 47.2. The van der Waals surface area contributed by atoms with Crippen molar-refractivity contribution in [2.45, 2.75) is 85.5 Å². The lowest BCUT2D eigenvalue weighted by molar-refractivity contribution is 0.591. The van der Waals surface area contributed by atoms with Crippen LogP contribution in [0.2, 0.25) is 0 Å². The van der Waals surface area contributed by atoms with Crippen LogP contribution >= 0.6 is 0 Å². The molecule has 3 aromatic heterocycles. The monoisotopic (exact) mass is 1720 g/mol. The highest BCUT2D eigenvalue weighted by Gasteiger charge is 2.27. The fourth-order valence-electron chi connectivity index (χ4n) is 21.4. The summed E-state index contributed by atoms with van der Waals surface area (Å²) in [6.45, 7) is 22.9. The molecule has 0 spiro atoms. The Morgan fingerprint density at radius 1 is 0.149 bits per heavy atom. The van der Waals surface area contributed by atoms with Gasteiger partial charge in [-0.15, -0.1) is 0 Å². The number of aromatic nitrogens is 3. The summed E-state index contributed by atoms with van der Waals surface area (Å²) in [5.41, 5.74) is 31.5. The van der Waals surface area contributed by atoms with Crippen LogP contribution in [0.1, 0.15) is 84.6 Å². The first kappa shape index (κ1) is 82.5. The van der Waals surface area contributed by atoms with Gasteiger partial charge in [-0.2, -0.15) is 0 Å². The molecule has 3 heteroatoms. The molecule has 0 radical (unpaired) electrons. The molecule has 0 N–H and O–H groups in total. The average Bonchev–Trinajstić information content (AvgIpc) is 1.31. The van der Waals surface area contributed by atoms with Gasteiger partial charge in [0.25, 0.3) is 0 Å². The fraction of sp³-hybridized carbons (Fsp3) is 0.0992. The number of benzene rings is 22. The molecule has 0 aliphatic carbocycles. The highest BCUT2D eigenvalue weighted by Crippen LogP contribution is 2.51. The Bertz CT molecular complexity index is 8800. The normalized spacial score (nSPS) is 12.1. The third-order valence-corrected chi connectivity index (χ3v) is 28.1. The summed E-state index contributed by atoms with van der Waals surface area (Å²) >= 11 is 0. The Hall–Kier alpha value is -15.9. The molecule has 0 bridgehead atoms. The van der Waals surface area contributed by atoms with E-state index in [-0.39, 0.29) is 16.2 Å². The Morgan fingerprint density at radius 3 is 0.724 bits per heavy atom. The second-order valence-electron chi connectivity index (χ2n) is 39.5. The predicted molar refractivity (Wildman–Crippen MR) is 578 cm³/mol. The van der Waals surface area contributed by atoms with E-state index in [2.05, 4.69) is 526 Å². The number of hydrogen-bond donors (Lipinski definition) is 0. The zero-order valence-corrected chi connectivity index (χ0v) is 77.5. The standard InChI is InChI=1S/C46H35N.C43H35N.C42H33N/c1-46(2,3)34-24-27-40-41(29-34)45(33-21-20-30-12-4-5-13-32(30)28-33)39-17-7-6-16-38(39)44(40)31-22-25-35(26-23-31)47-42-18-10-8-14-36(42)37-15-9-11-19-43(37)47;1-28-17-19-29(20-18-28)42-36-14-6-5-13-35(36)41(37-26-23-31(27-38(37)42)43(2,3)4)30-21-24-32(25-22-30)44-39-15-9-7-11-33(39)34-12-8-10-16-40(34)44;1-42(2,3)30-24-25-36-37(27-30)41(35-21-8-7-20-34(35)40(36)28-14-5-4-6-15-28)29-16-13-17-31(26-29)43-38-22-11-9-18-32(38)33-19-10-12-23-39(33)43/h4-29H,1-3H3;5-27H,1-4H3;4-27H,1-3H3. The van der Waals surface area contributed by atoms with Crippen LogP contribution in [0.4, 0.5) is 0 Å². The zero-order valence-electron chi connectivity index (χ0n) is 77.5. The van der Waals surface area contributed by atoms with E-state index in [9.17, 15) is 0 Å². The molecular weight excluding hydrogens is 1620 g/mol. The van der Waals surface area contributed by atoms with Crippen LogP contribution in [0.3, 0.4) is 0 Å². The van der Waals surface area contributed by atoms with Gasteiger partial charge in [-0.3, -0.25) is 0 Å². The van der Waals surface area contributed by atoms with Gasteiger partial charge in [0, 0.05) is 49.4 Å². The van der Waals surface area contributed by atoms with Crippen molar-refractivity contribution in [3.63, 3.8) is 0 Å². The Balaban J connectivity index is 0.000000114. The number of fused-ring (bicyclic) bond motifs is 16. The van der Waals surface area contributed by atoms with E-state index >= 15 is 0 Å². The maximum atomic E-state index is 2.45. The van der Waals surface area contributed by atoms with Gasteiger partial charge in [0.15, 0.2) is 0 Å². The predicted octanol–water partition coefficient (Wildman–Crippen LogP) is 36.6. The molecule has 22 aromatic carbocycles. The third-order valence-electron chi connectivity index (χ3n) is 28.1. The molecule has 642 valence electrons. The highest BCUT2D eigenvalue weighted by molar-refractivity contribution is 6.25. The molecule has 0 saturated heterocycles. The van der Waals surface area contributed by atoms with Crippen molar-refractivity contribution in [1.29, 1.82) is 0 Å². The molecular formula is C131H103N3. The molecule has 0 unspecified atom stereocenters. The summed E-state index contributed by atoms with van der Waals surface area (Å²) < 4.78 is 7.20. The van der Waals surface area contributed by atoms with Gasteiger partial charge in [-0.1, -0.05) is 414 Å². The first-order chi connectivity index (χ1) is 65.3. The molecule has 0 fully saturated rings. The molecule has 25 rings (SSSR count). The molecule has 0 saturated carbocycles. The molecule has 134 heavy (non-hydrogen) atoms. The maximum absolute atomic E-state index is 2.45. The average molecular weight is 1720 g/mol. The summed E-state index contributed by atoms with van der Waals surface area (Å²) in [5, 5.41) is 25.7. The van der Waals surface area contributed by atoms with Crippen molar-refractivity contribution in [2.75, 3.05) is 0 Å². The molecule has 3 nitrogen and oxygen atoms in total. The zero-order chi connectivity index (χ0) is 90.8. The number of nitrogens with zero attached hydrogens (tertiary/aromatic N) is 3. The second kappa shape index (κ2) is 32.9. The number of aryl methyl sites for hydroxylation is 1. The summed E-state index contributed by atoms with van der Waals surface area (Å²) in [4.78, 5) is 0. The van der Waals surface area contributed by atoms with Crippen LogP contribution in [-0.2, 0) is 16.2 Å². The third kappa shape index (κ3) is 14.3. The topological polar surface area (TPSA) is 14.8 Å². The summed E-state index contributed by atoms with van der Waals surface area (Å²) in [7, 11) is 0. The fourth-order valence-corrected chi connectivity index (χ4v) is 21.4. The molecule has 0 amide bonds. The SMILES string of the molecule is CC(C)(C)c1ccc2c(-c3ccc(-n4c5ccccc5c5ccccc54)cc3)c3ccccc3c(-c3ccc4ccccc4c3)c2c1.CC(C)(C)c1ccc2c(-c3ccccc3)c3ccccc3c(-c3cccc(-n4c5ccccc5c5ccccc54)c3)c2c1.Cc1ccc(-c2c3ccccc3c(-c3ccc(-n4c5ccccc5c5ccccc54)cc3)c3ccc(C(C)(C)C)cc23)cc1. The van der Waals surface area contributed by atoms with Crippen LogP contribution in [0, 0.1) is 6.92 Å². The second-order valence-corrected chi connectivity index (χ2v) is 39.5. The Morgan fingerprint density at radius 2 is 0.388 bits per heavy atom. The van der Waals surface area contributed by atoms with Crippen LogP contribution < -0.4 is 0 Å². The van der Waals surface area contributed by atoms with Gasteiger partial charge in [0.05, 0.1) is 33.1 Å². The minimum atomic E-state index is 0.0324. The van der Waals surface area contributed by atoms with E-state index in [1.165, 1.54) is 247 Å². The van der Waals surface area contributed by atoms with E-state index in [0.29, 0.717) is 0 Å². The molecule has 0 atom stereocenters. The van der Waals surface area contributed by atoms with Gasteiger partial charge in [0.2, 0.25) is 0 Å². The Kier molecular flexibility index (Phi) is 20.2. The van der Waals surface area contributed by atoms with Crippen molar-refractivity contribution >= 4 is 141 Å². The van der Waals surface area contributed by atoms with E-state index in [1.54, 1.807) is 0 Å². The number of rotatable bonds is 9. The van der Waals surface area contributed by atoms with E-state index in [0.717, 1.165) is 0 Å². The van der Waals surface area contributed by atoms with Crippen molar-refractivity contribution in [1.82, 2.24) is 13.7 Å². The summed E-state index contributed by atoms with van der Waals surface area (Å²) in [6, 6.07) is 163. The van der Waals surface area contributed by atoms with Crippen molar-refractivity contribution in [3.8, 4) is 83.8 Å². The minimum Gasteiger partial charge on any atom is -0.309 e. The summed E-state index contributed by atoms with van der Waals surface area (Å²) in [6.07, 6.45) is 0. The number of para-hydroxylation sites is 6. The van der Waals surface area contributed by atoms with Gasteiger partial charge in [-0.25, -0.2) is 0 Å². The molecule has 3 heterocycles. The lowest BCUT2D eigenvalue weighted by Gasteiger charge is -2.23. The summed E-state index contributed by atoms with van der Waals surface area (Å²) in [5.74, 6) is 0. The van der Waals surface area contributed by atoms with Crippen LogP contribution in [-0.4, -0.2) is 13.7 Å². The highest BCUT2D eigenvalue weighted by atomic mass is 15.0. The van der Waals surface area contributed by atoms with E-state index < -0.39 is 0 Å². The van der Waals surface area contributed by atoms with Gasteiger partial charge in [0.1, 0.15) is 0 Å². The van der Waals surface area contributed by atoms with Gasteiger partial charge >= 0.3 is 0 Å². The lowest BCUT2D eigenvalue weighted by atomic mass is 9.81. The smallest absolute Gasteiger partial charge is 0.0541 e. The molecule has 0 aliphatic rings. The lowest BCUT2D eigenvalue weighted by Crippen LogP contribution is -2.10. The van der Waals surface area contributed by atoms with Crippen LogP contribution in [0.15, 0.2) is 443 Å². The first-order valence-electron chi connectivity index (χ1n) is 47.2. The van der Waals surface area contributed by atoms with Crippen LogP contribution in [0.5, 0.6) is 0 Å². The van der Waals surface area contributed by atoms with Crippen LogP contribution in [0.25, 0.3) is 225 Å². The molecule has 0 aliphatic heterocycles. The van der Waals surface area contributed by atoms with Crippen molar-refractivity contribution in [2.24, 2.45) is 0 Å². The quantitative estimate of drug-likeness (QED) is 0.128. The van der Waals surface area contributed by atoms with Crippen molar-refractivity contribution < 1.29 is 0 Å². The minimum absolute atomic E-state index is 0.0324. The van der Waals surface area contributed by atoms with E-state index in [4.69, 9.17) is 0 Å². The number of hydrogen-bond acceptors (Lipinski definition) is 0. The van der Waals surface area contributed by atoms with Gasteiger partial charge in [-0.05, 0) is 279 Å². The Labute approximate surface area is 783 Å². The van der Waals surface area contributed by atoms with Gasteiger partial charge < -0.3 is 13.7 Å². The molecule has 25 aromatic rings. The largest absolute Gasteiger partial charge is 0.309 e.